The van der Waals surface area contributed by atoms with E-state index in [9.17, 15) is 4.79 Å². The minimum atomic E-state index is -0.0610. The maximum Gasteiger partial charge on any atom is 0.228 e. The van der Waals surface area contributed by atoms with Crippen LogP contribution in [0.1, 0.15) is 12.8 Å². The summed E-state index contributed by atoms with van der Waals surface area (Å²) in [5.41, 5.74) is 0. The van der Waals surface area contributed by atoms with Crippen molar-refractivity contribution >= 4 is 11.9 Å². The van der Waals surface area contributed by atoms with Crippen LogP contribution in [0, 0.1) is 5.92 Å². The van der Waals surface area contributed by atoms with Gasteiger partial charge in [-0.05, 0) is 18.9 Å². The van der Waals surface area contributed by atoms with Gasteiger partial charge in [-0.25, -0.2) is 9.97 Å². The van der Waals surface area contributed by atoms with E-state index in [-0.39, 0.29) is 11.8 Å². The number of aromatic nitrogens is 2. The molecule has 0 aliphatic carbocycles. The third kappa shape index (κ3) is 4.02. The largest absolute Gasteiger partial charge is 0.381 e. The van der Waals surface area contributed by atoms with E-state index in [1.807, 2.05) is 20.2 Å². The zero-order valence-electron chi connectivity index (χ0n) is 14.6. The van der Waals surface area contributed by atoms with Crippen LogP contribution in [0.3, 0.4) is 0 Å². The van der Waals surface area contributed by atoms with E-state index in [0.717, 1.165) is 45.7 Å². The third-order valence-electron chi connectivity index (χ3n) is 4.89. The lowest BCUT2D eigenvalue weighted by molar-refractivity contribution is -0.133. The van der Waals surface area contributed by atoms with E-state index >= 15 is 0 Å². The van der Waals surface area contributed by atoms with Crippen molar-refractivity contribution in [2.45, 2.75) is 18.9 Å². The summed E-state index contributed by atoms with van der Waals surface area (Å²) >= 11 is 0. The van der Waals surface area contributed by atoms with Crippen molar-refractivity contribution in [3.63, 3.8) is 0 Å². The molecule has 2 aliphatic rings. The van der Waals surface area contributed by atoms with E-state index in [0.29, 0.717) is 18.5 Å². The van der Waals surface area contributed by atoms with Gasteiger partial charge in [-0.1, -0.05) is 0 Å². The molecule has 0 N–H and O–H groups in total. The average Bonchev–Trinajstić information content (AvgIpc) is 2.86. The number of anilines is 1. The molecule has 1 amide bonds. The van der Waals surface area contributed by atoms with E-state index in [4.69, 9.17) is 4.74 Å². The van der Waals surface area contributed by atoms with Gasteiger partial charge in [-0.15, -0.1) is 0 Å². The van der Waals surface area contributed by atoms with E-state index < -0.39 is 0 Å². The van der Waals surface area contributed by atoms with E-state index in [1.54, 1.807) is 17.3 Å². The van der Waals surface area contributed by atoms with Gasteiger partial charge in [0.1, 0.15) is 0 Å². The number of nitrogens with zero attached hydrogens (tertiary/aromatic N) is 5. The standard InChI is InChI=1S/C17H27N5O2/c1-20(2)16(23)14-12-21(15-4-10-24-11-5-15)8-9-22(13-14)17-18-6-3-7-19-17/h3,6-7,14-15H,4-5,8-13H2,1-2H3. The highest BCUT2D eigenvalue weighted by atomic mass is 16.5. The number of carbonyl (C=O) groups excluding carboxylic acids is 1. The van der Waals surface area contributed by atoms with Crippen LogP contribution < -0.4 is 4.90 Å². The van der Waals surface area contributed by atoms with Crippen LogP contribution in [-0.2, 0) is 9.53 Å². The van der Waals surface area contributed by atoms with Gasteiger partial charge < -0.3 is 14.5 Å². The lowest BCUT2D eigenvalue weighted by Gasteiger charge is -2.34. The fraction of sp³-hybridized carbons (Fsp3) is 0.706. The molecule has 7 heteroatoms. The highest BCUT2D eigenvalue weighted by molar-refractivity contribution is 5.79. The zero-order chi connectivity index (χ0) is 16.9. The Morgan fingerprint density at radius 2 is 1.88 bits per heavy atom. The predicted molar refractivity (Wildman–Crippen MR) is 91.8 cm³/mol. The van der Waals surface area contributed by atoms with Gasteiger partial charge in [-0.2, -0.15) is 0 Å². The average molecular weight is 333 g/mol. The van der Waals surface area contributed by atoms with Crippen LogP contribution in [0.2, 0.25) is 0 Å². The predicted octanol–water partition coefficient (Wildman–Crippen LogP) is 0.482. The van der Waals surface area contributed by atoms with Gasteiger partial charge >= 0.3 is 0 Å². The molecule has 0 spiro atoms. The molecule has 24 heavy (non-hydrogen) atoms. The van der Waals surface area contributed by atoms with Crippen LogP contribution in [0.25, 0.3) is 0 Å². The van der Waals surface area contributed by atoms with Gasteiger partial charge in [0.05, 0.1) is 5.92 Å². The Morgan fingerprint density at radius 1 is 1.17 bits per heavy atom. The van der Waals surface area contributed by atoms with Gasteiger partial charge in [-0.3, -0.25) is 9.69 Å². The Morgan fingerprint density at radius 3 is 2.54 bits per heavy atom. The molecule has 0 bridgehead atoms. The van der Waals surface area contributed by atoms with Gasteiger partial charge in [0.15, 0.2) is 0 Å². The van der Waals surface area contributed by atoms with Crippen LogP contribution in [0.5, 0.6) is 0 Å². The molecule has 0 radical (unpaired) electrons. The van der Waals surface area contributed by atoms with E-state index in [1.165, 1.54) is 0 Å². The summed E-state index contributed by atoms with van der Waals surface area (Å²) in [5.74, 6) is 0.826. The Hall–Kier alpha value is -1.73. The second kappa shape index (κ2) is 7.90. The molecular formula is C17H27N5O2. The molecule has 7 nitrogen and oxygen atoms in total. The highest BCUT2D eigenvalue weighted by Gasteiger charge is 2.33. The number of rotatable bonds is 3. The quantitative estimate of drug-likeness (QED) is 0.802. The van der Waals surface area contributed by atoms with Crippen molar-refractivity contribution in [1.82, 2.24) is 19.8 Å². The molecule has 132 valence electrons. The zero-order valence-corrected chi connectivity index (χ0v) is 14.6. The van der Waals surface area contributed by atoms with Crippen molar-refractivity contribution in [1.29, 1.82) is 0 Å². The van der Waals surface area contributed by atoms with Crippen molar-refractivity contribution in [3.05, 3.63) is 18.5 Å². The number of ether oxygens (including phenoxy) is 1. The fourth-order valence-electron chi connectivity index (χ4n) is 3.58. The summed E-state index contributed by atoms with van der Waals surface area (Å²) in [7, 11) is 3.66. The lowest BCUT2D eigenvalue weighted by atomic mass is 10.0. The summed E-state index contributed by atoms with van der Waals surface area (Å²) in [6, 6.07) is 2.32. The summed E-state index contributed by atoms with van der Waals surface area (Å²) in [6.45, 7) is 4.88. The van der Waals surface area contributed by atoms with Crippen LogP contribution in [0.4, 0.5) is 5.95 Å². The molecule has 3 rings (SSSR count). The molecule has 3 heterocycles. The Balaban J connectivity index is 1.77. The molecule has 2 saturated heterocycles. The molecule has 0 saturated carbocycles. The number of hydrogen-bond donors (Lipinski definition) is 0. The molecule has 1 atom stereocenters. The van der Waals surface area contributed by atoms with Crippen LogP contribution in [0.15, 0.2) is 18.5 Å². The third-order valence-corrected chi connectivity index (χ3v) is 4.89. The summed E-state index contributed by atoms with van der Waals surface area (Å²) in [6.07, 6.45) is 5.61. The first kappa shape index (κ1) is 17.1. The molecule has 1 unspecified atom stereocenters. The van der Waals surface area contributed by atoms with Crippen LogP contribution in [-0.4, -0.2) is 85.2 Å². The maximum absolute atomic E-state index is 12.7. The summed E-state index contributed by atoms with van der Waals surface area (Å²) < 4.78 is 5.49. The monoisotopic (exact) mass is 333 g/mol. The first-order valence-electron chi connectivity index (χ1n) is 8.70. The second-order valence-corrected chi connectivity index (χ2v) is 6.76. The normalized spacial score (nSPS) is 23.8. The lowest BCUT2D eigenvalue weighted by Crippen LogP contribution is -2.45. The Labute approximate surface area is 143 Å². The molecule has 2 aliphatic heterocycles. The molecule has 0 aromatic carbocycles. The minimum Gasteiger partial charge on any atom is -0.381 e. The Bertz CT molecular complexity index is 533. The van der Waals surface area contributed by atoms with Crippen molar-refractivity contribution in [2.75, 3.05) is 58.4 Å². The summed E-state index contributed by atoms with van der Waals surface area (Å²) in [4.78, 5) is 27.7. The van der Waals surface area contributed by atoms with Gasteiger partial charge in [0, 0.05) is 71.9 Å². The topological polar surface area (TPSA) is 61.8 Å². The maximum atomic E-state index is 12.7. The minimum absolute atomic E-state index is 0.0610. The summed E-state index contributed by atoms with van der Waals surface area (Å²) in [5, 5.41) is 0. The van der Waals surface area contributed by atoms with Crippen molar-refractivity contribution in [2.24, 2.45) is 5.92 Å². The highest BCUT2D eigenvalue weighted by Crippen LogP contribution is 2.21. The molecule has 2 fully saturated rings. The number of hydrogen-bond acceptors (Lipinski definition) is 6. The van der Waals surface area contributed by atoms with Gasteiger partial charge in [0.2, 0.25) is 11.9 Å². The molecule has 1 aromatic rings. The second-order valence-electron chi connectivity index (χ2n) is 6.76. The van der Waals surface area contributed by atoms with Crippen LogP contribution >= 0.6 is 0 Å². The van der Waals surface area contributed by atoms with Gasteiger partial charge in [0.25, 0.3) is 0 Å². The number of carbonyl (C=O) groups is 1. The van der Waals surface area contributed by atoms with E-state index in [2.05, 4.69) is 19.8 Å². The SMILES string of the molecule is CN(C)C(=O)C1CN(c2ncccn2)CCN(C2CCOCC2)C1. The fourth-order valence-corrected chi connectivity index (χ4v) is 3.58. The molecular weight excluding hydrogens is 306 g/mol. The smallest absolute Gasteiger partial charge is 0.228 e. The van der Waals surface area contributed by atoms with Crippen molar-refractivity contribution < 1.29 is 9.53 Å². The number of amides is 1. The van der Waals surface area contributed by atoms with Crippen molar-refractivity contribution in [3.8, 4) is 0 Å². The first-order valence-corrected chi connectivity index (χ1v) is 8.70. The first-order chi connectivity index (χ1) is 11.6. The Kier molecular flexibility index (Phi) is 5.63. The molecule has 1 aromatic heterocycles.